The van der Waals surface area contributed by atoms with Gasteiger partial charge in [-0.2, -0.15) is 0 Å². The fraction of sp³-hybridized carbons (Fsp3) is 0.346. The molecule has 3 rings (SSSR count). The summed E-state index contributed by atoms with van der Waals surface area (Å²) in [5.74, 6) is -0.232. The Morgan fingerprint density at radius 3 is 2.44 bits per heavy atom. The first-order valence-electron chi connectivity index (χ1n) is 11.3. The lowest BCUT2D eigenvalue weighted by molar-refractivity contribution is -0.117. The number of nitrogens with zero attached hydrogens (tertiary/aromatic N) is 1. The molecule has 0 aliphatic carbocycles. The predicted molar refractivity (Wildman–Crippen MR) is 132 cm³/mol. The van der Waals surface area contributed by atoms with E-state index in [1.54, 1.807) is 12.1 Å². The highest BCUT2D eigenvalue weighted by atomic mass is 32.2. The summed E-state index contributed by atoms with van der Waals surface area (Å²) < 4.78 is 28.7. The van der Waals surface area contributed by atoms with Crippen LogP contribution < -0.4 is 9.62 Å². The Bertz CT molecular complexity index is 1090. The molecule has 0 radical (unpaired) electrons. The number of nitrogens with one attached hydrogen (secondary N) is 1. The predicted octanol–water partition coefficient (Wildman–Crippen LogP) is 5.11. The van der Waals surface area contributed by atoms with Gasteiger partial charge >= 0.3 is 0 Å². The first-order valence-corrected chi connectivity index (χ1v) is 12.7. The SMILES string of the molecule is C=CCN1c2ccccc2C(c2ccccc2)=C(C(=O)NC[C@@H](CC)CCCC)S1(=O)=O. The number of carbonyl (C=O) groups is 1. The number of benzene rings is 2. The maximum absolute atomic E-state index is 13.7. The molecule has 0 spiro atoms. The van der Waals surface area contributed by atoms with Crippen LogP contribution in [0.25, 0.3) is 5.57 Å². The highest BCUT2D eigenvalue weighted by Gasteiger charge is 2.40. The van der Waals surface area contributed by atoms with Crippen molar-refractivity contribution in [2.75, 3.05) is 17.4 Å². The number of fused-ring (bicyclic) bond motifs is 1. The van der Waals surface area contributed by atoms with E-state index >= 15 is 0 Å². The smallest absolute Gasteiger partial charge is 0.270 e. The zero-order valence-corrected chi connectivity index (χ0v) is 19.7. The second-order valence-electron chi connectivity index (χ2n) is 8.04. The summed E-state index contributed by atoms with van der Waals surface area (Å²) >= 11 is 0. The largest absolute Gasteiger partial charge is 0.351 e. The van der Waals surface area contributed by atoms with Crippen LogP contribution in [0.15, 0.2) is 72.2 Å². The van der Waals surface area contributed by atoms with Crippen LogP contribution >= 0.6 is 0 Å². The fourth-order valence-electron chi connectivity index (χ4n) is 4.09. The van der Waals surface area contributed by atoms with Gasteiger partial charge in [0.25, 0.3) is 15.9 Å². The molecule has 5 nitrogen and oxygen atoms in total. The molecule has 0 fully saturated rings. The highest BCUT2D eigenvalue weighted by molar-refractivity contribution is 7.97. The number of rotatable bonds is 10. The summed E-state index contributed by atoms with van der Waals surface area (Å²) in [5, 5.41) is 2.93. The van der Waals surface area contributed by atoms with Gasteiger partial charge in [-0.05, 0) is 24.0 Å². The van der Waals surface area contributed by atoms with Crippen molar-refractivity contribution in [1.82, 2.24) is 5.32 Å². The average molecular weight is 453 g/mol. The van der Waals surface area contributed by atoms with Crippen LogP contribution in [0.2, 0.25) is 0 Å². The molecule has 0 aromatic heterocycles. The number of unbranched alkanes of at least 4 members (excludes halogenated alkanes) is 1. The monoisotopic (exact) mass is 452 g/mol. The highest BCUT2D eigenvalue weighted by Crippen LogP contribution is 2.42. The van der Waals surface area contributed by atoms with Crippen LogP contribution in [0.5, 0.6) is 0 Å². The van der Waals surface area contributed by atoms with Crippen molar-refractivity contribution in [2.24, 2.45) is 5.92 Å². The lowest BCUT2D eigenvalue weighted by Gasteiger charge is -2.33. The van der Waals surface area contributed by atoms with Gasteiger partial charge in [0.1, 0.15) is 0 Å². The molecule has 1 heterocycles. The Hall–Kier alpha value is -2.86. The van der Waals surface area contributed by atoms with Gasteiger partial charge in [0.2, 0.25) is 0 Å². The van der Waals surface area contributed by atoms with E-state index in [4.69, 9.17) is 0 Å². The molecular weight excluding hydrogens is 420 g/mol. The van der Waals surface area contributed by atoms with Crippen molar-refractivity contribution >= 4 is 27.2 Å². The van der Waals surface area contributed by atoms with E-state index in [1.807, 2.05) is 42.5 Å². The fourth-order valence-corrected chi connectivity index (χ4v) is 5.82. The molecule has 0 saturated heterocycles. The van der Waals surface area contributed by atoms with Crippen molar-refractivity contribution in [1.29, 1.82) is 0 Å². The van der Waals surface area contributed by atoms with Gasteiger partial charge in [0.05, 0.1) is 12.2 Å². The van der Waals surface area contributed by atoms with Crippen molar-refractivity contribution in [3.05, 3.63) is 83.3 Å². The van der Waals surface area contributed by atoms with Gasteiger partial charge < -0.3 is 5.32 Å². The number of para-hydroxylation sites is 1. The van der Waals surface area contributed by atoms with Gasteiger partial charge in [-0.1, -0.05) is 87.7 Å². The minimum atomic E-state index is -4.08. The van der Waals surface area contributed by atoms with Gasteiger partial charge in [0.15, 0.2) is 4.91 Å². The van der Waals surface area contributed by atoms with Crippen LogP contribution in [0.3, 0.4) is 0 Å². The summed E-state index contributed by atoms with van der Waals surface area (Å²) in [6, 6.07) is 16.6. The molecule has 0 unspecified atom stereocenters. The molecule has 170 valence electrons. The molecule has 0 saturated carbocycles. The number of hydrogen-bond acceptors (Lipinski definition) is 3. The third-order valence-electron chi connectivity index (χ3n) is 5.88. The van der Waals surface area contributed by atoms with Crippen molar-refractivity contribution in [2.45, 2.75) is 39.5 Å². The normalized spacial score (nSPS) is 15.8. The van der Waals surface area contributed by atoms with E-state index in [2.05, 4.69) is 25.7 Å². The Labute approximate surface area is 191 Å². The first-order chi connectivity index (χ1) is 15.5. The third-order valence-corrected chi connectivity index (χ3v) is 7.71. The maximum atomic E-state index is 13.7. The van der Waals surface area contributed by atoms with Crippen LogP contribution in [0.1, 0.15) is 50.7 Å². The van der Waals surface area contributed by atoms with Gasteiger partial charge in [0, 0.05) is 17.7 Å². The van der Waals surface area contributed by atoms with Crippen LogP contribution in [0.4, 0.5) is 5.69 Å². The Morgan fingerprint density at radius 1 is 1.09 bits per heavy atom. The maximum Gasteiger partial charge on any atom is 0.270 e. The van der Waals surface area contributed by atoms with E-state index in [0.29, 0.717) is 29.3 Å². The average Bonchev–Trinajstić information content (AvgIpc) is 2.81. The Morgan fingerprint density at radius 2 is 1.78 bits per heavy atom. The number of hydrogen-bond donors (Lipinski definition) is 1. The lowest BCUT2D eigenvalue weighted by atomic mass is 9.95. The zero-order valence-electron chi connectivity index (χ0n) is 18.9. The first kappa shape index (κ1) is 23.8. The molecule has 1 N–H and O–H groups in total. The molecule has 32 heavy (non-hydrogen) atoms. The van der Waals surface area contributed by atoms with E-state index in [-0.39, 0.29) is 11.4 Å². The minimum Gasteiger partial charge on any atom is -0.351 e. The number of amides is 1. The van der Waals surface area contributed by atoms with Crippen molar-refractivity contribution in [3.8, 4) is 0 Å². The van der Waals surface area contributed by atoms with Crippen LogP contribution in [0, 0.1) is 5.92 Å². The second-order valence-corrected chi connectivity index (χ2v) is 9.84. The molecular formula is C26H32N2O3S. The number of anilines is 1. The molecule has 1 aliphatic rings. The topological polar surface area (TPSA) is 66.5 Å². The van der Waals surface area contributed by atoms with Gasteiger partial charge in [-0.3, -0.25) is 9.10 Å². The molecule has 0 bridgehead atoms. The van der Waals surface area contributed by atoms with E-state index in [1.165, 1.54) is 10.4 Å². The molecule has 1 amide bonds. The van der Waals surface area contributed by atoms with Crippen LogP contribution in [-0.2, 0) is 14.8 Å². The summed E-state index contributed by atoms with van der Waals surface area (Å²) in [6.07, 6.45) is 5.66. The standard InChI is InChI=1S/C26H32N2O3S/c1-4-7-13-20(6-3)19-27-26(29)25-24(21-14-9-8-10-15-21)22-16-11-12-17-23(22)28(18-5-2)32(25,30)31/h5,8-12,14-17,20H,2,4,6-7,13,18-19H2,1,3H3,(H,27,29)/t20-/m0/s1. The minimum absolute atomic E-state index is 0.0896. The molecule has 1 atom stereocenters. The summed E-state index contributed by atoms with van der Waals surface area (Å²) in [4.78, 5) is 13.3. The van der Waals surface area contributed by atoms with Crippen molar-refractivity contribution in [3.63, 3.8) is 0 Å². The summed E-state index contributed by atoms with van der Waals surface area (Å²) in [7, 11) is -4.08. The molecule has 2 aromatic rings. The van der Waals surface area contributed by atoms with Crippen LogP contribution in [-0.4, -0.2) is 27.4 Å². The second kappa shape index (κ2) is 10.6. The quantitative estimate of drug-likeness (QED) is 0.509. The van der Waals surface area contributed by atoms with Crippen molar-refractivity contribution < 1.29 is 13.2 Å². The van der Waals surface area contributed by atoms with E-state index in [0.717, 1.165) is 31.2 Å². The Balaban J connectivity index is 2.14. The molecule has 2 aromatic carbocycles. The summed E-state index contributed by atoms with van der Waals surface area (Å²) in [5.41, 5.74) is 2.42. The number of sulfonamides is 1. The number of carbonyl (C=O) groups excluding carboxylic acids is 1. The zero-order chi connectivity index (χ0) is 23.1. The Kier molecular flexibility index (Phi) is 7.91. The molecule has 1 aliphatic heterocycles. The van der Waals surface area contributed by atoms with E-state index in [9.17, 15) is 13.2 Å². The third kappa shape index (κ3) is 4.80. The van der Waals surface area contributed by atoms with Gasteiger partial charge in [-0.25, -0.2) is 8.42 Å². The summed E-state index contributed by atoms with van der Waals surface area (Å²) in [6.45, 7) is 8.50. The lowest BCUT2D eigenvalue weighted by Crippen LogP contribution is -2.42. The van der Waals surface area contributed by atoms with E-state index < -0.39 is 15.9 Å². The van der Waals surface area contributed by atoms with Gasteiger partial charge in [-0.15, -0.1) is 6.58 Å². The molecule has 6 heteroatoms.